The number of carbonyl (C=O) groups is 1. The van der Waals surface area contributed by atoms with E-state index in [1.54, 1.807) is 0 Å². The van der Waals surface area contributed by atoms with Crippen molar-refractivity contribution in [1.82, 2.24) is 10.3 Å². The number of aromatic nitrogens is 1. The third-order valence-corrected chi connectivity index (χ3v) is 3.54. The summed E-state index contributed by atoms with van der Waals surface area (Å²) in [6.07, 6.45) is 8.88. The topological polar surface area (TPSA) is 42.0 Å². The highest BCUT2D eigenvalue weighted by Gasteiger charge is 2.14. The molecule has 98 valence electrons. The van der Waals surface area contributed by atoms with Gasteiger partial charge >= 0.3 is 0 Å². The van der Waals surface area contributed by atoms with Crippen molar-refractivity contribution in [3.8, 4) is 0 Å². The lowest BCUT2D eigenvalue weighted by Gasteiger charge is -2.09. The van der Waals surface area contributed by atoms with Crippen LogP contribution < -0.4 is 5.32 Å². The molecule has 0 radical (unpaired) electrons. The number of pyridine rings is 1. The molecule has 0 aromatic carbocycles. The van der Waals surface area contributed by atoms with Gasteiger partial charge in [0, 0.05) is 24.4 Å². The molecule has 1 heterocycles. The molecule has 2 rings (SSSR count). The van der Waals surface area contributed by atoms with Gasteiger partial charge in [-0.15, -0.1) is 0 Å². The molecular weight excluding hydrogens is 231 g/mol. The van der Waals surface area contributed by atoms with Crippen LogP contribution in [0.25, 0.3) is 0 Å². The first-order chi connectivity index (χ1) is 8.75. The zero-order valence-corrected chi connectivity index (χ0v) is 10.5. The molecular formula is C14H19FN2O. The molecule has 1 aromatic heterocycles. The van der Waals surface area contributed by atoms with Gasteiger partial charge in [0.25, 0.3) is 5.91 Å². The Morgan fingerprint density at radius 1 is 1.44 bits per heavy atom. The lowest BCUT2D eigenvalue weighted by atomic mass is 10.0. The van der Waals surface area contributed by atoms with E-state index in [1.807, 2.05) is 0 Å². The number of halogens is 1. The Hall–Kier alpha value is -1.45. The normalized spacial score (nSPS) is 15.8. The van der Waals surface area contributed by atoms with E-state index in [1.165, 1.54) is 44.4 Å². The van der Waals surface area contributed by atoms with Gasteiger partial charge in [0.05, 0.1) is 0 Å². The monoisotopic (exact) mass is 250 g/mol. The average Bonchev–Trinajstić information content (AvgIpc) is 2.87. The lowest BCUT2D eigenvalue weighted by Crippen LogP contribution is -2.24. The van der Waals surface area contributed by atoms with E-state index in [4.69, 9.17) is 0 Å². The van der Waals surface area contributed by atoms with Crippen molar-refractivity contribution >= 4 is 5.91 Å². The maximum Gasteiger partial charge on any atom is 0.251 e. The van der Waals surface area contributed by atoms with Gasteiger partial charge < -0.3 is 5.32 Å². The second kappa shape index (κ2) is 6.47. The van der Waals surface area contributed by atoms with Gasteiger partial charge in [0.15, 0.2) is 0 Å². The van der Waals surface area contributed by atoms with Gasteiger partial charge in [0.1, 0.15) is 0 Å². The van der Waals surface area contributed by atoms with Crippen LogP contribution in [0.15, 0.2) is 18.3 Å². The average molecular weight is 250 g/mol. The van der Waals surface area contributed by atoms with Crippen molar-refractivity contribution in [2.75, 3.05) is 6.54 Å². The van der Waals surface area contributed by atoms with Gasteiger partial charge in [-0.25, -0.2) is 4.98 Å². The summed E-state index contributed by atoms with van der Waals surface area (Å²) in [4.78, 5) is 15.1. The van der Waals surface area contributed by atoms with Crippen LogP contribution in [0.3, 0.4) is 0 Å². The highest BCUT2D eigenvalue weighted by molar-refractivity contribution is 5.93. The molecule has 0 saturated heterocycles. The summed E-state index contributed by atoms with van der Waals surface area (Å²) >= 11 is 0. The van der Waals surface area contributed by atoms with Crippen LogP contribution in [0.1, 0.15) is 48.9 Å². The third-order valence-electron chi connectivity index (χ3n) is 3.54. The van der Waals surface area contributed by atoms with Gasteiger partial charge in [-0.2, -0.15) is 4.39 Å². The lowest BCUT2D eigenvalue weighted by molar-refractivity contribution is 0.0951. The van der Waals surface area contributed by atoms with Gasteiger partial charge in [0.2, 0.25) is 5.95 Å². The largest absolute Gasteiger partial charge is 0.352 e. The van der Waals surface area contributed by atoms with Crippen molar-refractivity contribution in [2.24, 2.45) is 5.92 Å². The zero-order valence-electron chi connectivity index (χ0n) is 10.5. The minimum atomic E-state index is -0.617. The summed E-state index contributed by atoms with van der Waals surface area (Å²) in [7, 11) is 0. The molecule has 4 heteroatoms. The molecule has 1 saturated carbocycles. The van der Waals surface area contributed by atoms with E-state index in [2.05, 4.69) is 10.3 Å². The highest BCUT2D eigenvalue weighted by Crippen LogP contribution is 2.28. The molecule has 3 nitrogen and oxygen atoms in total. The van der Waals surface area contributed by atoms with E-state index in [-0.39, 0.29) is 5.91 Å². The molecule has 1 aliphatic rings. The third kappa shape index (κ3) is 3.79. The van der Waals surface area contributed by atoms with Crippen molar-refractivity contribution in [2.45, 2.75) is 38.5 Å². The number of nitrogens with one attached hydrogen (secondary N) is 1. The smallest absolute Gasteiger partial charge is 0.251 e. The van der Waals surface area contributed by atoms with Crippen LogP contribution in [0, 0.1) is 11.9 Å². The van der Waals surface area contributed by atoms with Crippen molar-refractivity contribution in [1.29, 1.82) is 0 Å². The SMILES string of the molecule is O=C(NCCCC1CCCC1)c1ccnc(F)c1. The quantitative estimate of drug-likeness (QED) is 0.645. The molecule has 0 spiro atoms. The number of hydrogen-bond donors (Lipinski definition) is 1. The van der Waals surface area contributed by atoms with E-state index >= 15 is 0 Å². The summed E-state index contributed by atoms with van der Waals surface area (Å²) in [5, 5.41) is 2.82. The summed E-state index contributed by atoms with van der Waals surface area (Å²) in [6.45, 7) is 0.666. The fourth-order valence-electron chi connectivity index (χ4n) is 2.54. The second-order valence-electron chi connectivity index (χ2n) is 4.92. The first kappa shape index (κ1) is 13.0. The molecule has 18 heavy (non-hydrogen) atoms. The first-order valence-electron chi connectivity index (χ1n) is 6.65. The molecule has 1 aromatic rings. The molecule has 0 atom stereocenters. The predicted molar refractivity (Wildman–Crippen MR) is 67.7 cm³/mol. The minimum absolute atomic E-state index is 0.220. The van der Waals surface area contributed by atoms with Crippen LogP contribution in [0.2, 0.25) is 0 Å². The summed E-state index contributed by atoms with van der Waals surface area (Å²) in [5.41, 5.74) is 0.336. The molecule has 1 fully saturated rings. The molecule has 1 amide bonds. The Balaban J connectivity index is 1.68. The Bertz CT molecular complexity index is 403. The predicted octanol–water partition coefficient (Wildman–Crippen LogP) is 2.92. The Morgan fingerprint density at radius 3 is 2.94 bits per heavy atom. The highest BCUT2D eigenvalue weighted by atomic mass is 19.1. The summed E-state index contributed by atoms with van der Waals surface area (Å²) in [6, 6.07) is 2.68. The Kier molecular flexibility index (Phi) is 4.67. The molecule has 0 bridgehead atoms. The number of carbonyl (C=O) groups excluding carboxylic acids is 1. The number of hydrogen-bond acceptors (Lipinski definition) is 2. The van der Waals surface area contributed by atoms with Crippen molar-refractivity contribution < 1.29 is 9.18 Å². The fourth-order valence-corrected chi connectivity index (χ4v) is 2.54. The summed E-state index contributed by atoms with van der Waals surface area (Å²) in [5.74, 6) is 0.0107. The molecule has 0 aliphatic heterocycles. The standard InChI is InChI=1S/C14H19FN2O/c15-13-10-12(7-9-16-13)14(18)17-8-3-6-11-4-1-2-5-11/h7,9-11H,1-6,8H2,(H,17,18). The van der Waals surface area contributed by atoms with E-state index in [0.29, 0.717) is 12.1 Å². The van der Waals surface area contributed by atoms with Crippen molar-refractivity contribution in [3.63, 3.8) is 0 Å². The first-order valence-corrected chi connectivity index (χ1v) is 6.65. The van der Waals surface area contributed by atoms with Crippen LogP contribution in [0.4, 0.5) is 4.39 Å². The number of rotatable bonds is 5. The van der Waals surface area contributed by atoms with Crippen LogP contribution in [0.5, 0.6) is 0 Å². The number of amides is 1. The molecule has 0 unspecified atom stereocenters. The van der Waals surface area contributed by atoms with Crippen LogP contribution in [-0.2, 0) is 0 Å². The van der Waals surface area contributed by atoms with E-state index in [9.17, 15) is 9.18 Å². The number of nitrogens with zero attached hydrogens (tertiary/aromatic N) is 1. The molecule has 1 N–H and O–H groups in total. The van der Waals surface area contributed by atoms with Gasteiger partial charge in [-0.05, 0) is 24.8 Å². The Labute approximate surface area is 107 Å². The van der Waals surface area contributed by atoms with Crippen LogP contribution in [-0.4, -0.2) is 17.4 Å². The minimum Gasteiger partial charge on any atom is -0.352 e. The molecule has 1 aliphatic carbocycles. The summed E-state index contributed by atoms with van der Waals surface area (Å²) < 4.78 is 12.8. The van der Waals surface area contributed by atoms with Gasteiger partial charge in [-0.1, -0.05) is 25.7 Å². The van der Waals surface area contributed by atoms with E-state index in [0.717, 1.165) is 18.4 Å². The van der Waals surface area contributed by atoms with Gasteiger partial charge in [-0.3, -0.25) is 4.79 Å². The Morgan fingerprint density at radius 2 is 2.22 bits per heavy atom. The maximum absolute atomic E-state index is 12.8. The zero-order chi connectivity index (χ0) is 12.8. The maximum atomic E-state index is 12.8. The fraction of sp³-hybridized carbons (Fsp3) is 0.571. The van der Waals surface area contributed by atoms with E-state index < -0.39 is 5.95 Å². The van der Waals surface area contributed by atoms with Crippen LogP contribution >= 0.6 is 0 Å². The second-order valence-corrected chi connectivity index (χ2v) is 4.92. The van der Waals surface area contributed by atoms with Crippen molar-refractivity contribution in [3.05, 3.63) is 29.8 Å².